The van der Waals surface area contributed by atoms with Crippen LogP contribution in [0.3, 0.4) is 0 Å². The Hall–Kier alpha value is -3.32. The summed E-state index contributed by atoms with van der Waals surface area (Å²) in [5.74, 6) is 0.160. The van der Waals surface area contributed by atoms with Gasteiger partial charge >= 0.3 is 0 Å². The van der Waals surface area contributed by atoms with Gasteiger partial charge in [0.1, 0.15) is 5.75 Å². The molecule has 0 saturated heterocycles. The molecule has 3 aromatic carbocycles. The molecule has 0 spiro atoms. The van der Waals surface area contributed by atoms with Crippen LogP contribution in [0.15, 0.2) is 71.6 Å². The fraction of sp³-hybridized carbons (Fsp3) is 0.208. The van der Waals surface area contributed by atoms with Gasteiger partial charge in [-0.05, 0) is 81.3 Å². The maximum absolute atomic E-state index is 12.8. The molecule has 0 bridgehead atoms. The molecule has 1 amide bonds. The monoisotopic (exact) mass is 438 g/mol. The van der Waals surface area contributed by atoms with E-state index >= 15 is 0 Å². The Morgan fingerprint density at radius 1 is 0.935 bits per heavy atom. The average molecular weight is 439 g/mol. The number of aryl methyl sites for hydroxylation is 2. The molecule has 0 heterocycles. The number of carbonyl (C=O) groups excluding carboxylic acids is 1. The van der Waals surface area contributed by atoms with Crippen LogP contribution >= 0.6 is 0 Å². The highest BCUT2D eigenvalue weighted by molar-refractivity contribution is 7.92. The van der Waals surface area contributed by atoms with Crippen molar-refractivity contribution in [3.05, 3.63) is 83.4 Å². The Morgan fingerprint density at radius 2 is 1.61 bits per heavy atom. The lowest BCUT2D eigenvalue weighted by Gasteiger charge is -2.14. The van der Waals surface area contributed by atoms with Crippen LogP contribution in [0.2, 0.25) is 0 Å². The van der Waals surface area contributed by atoms with Gasteiger partial charge in [-0.3, -0.25) is 9.52 Å². The van der Waals surface area contributed by atoms with E-state index in [0.29, 0.717) is 22.7 Å². The van der Waals surface area contributed by atoms with Crippen LogP contribution in [-0.2, 0) is 10.0 Å². The fourth-order valence-corrected chi connectivity index (χ4v) is 4.10. The molecule has 0 unspecified atom stereocenters. The van der Waals surface area contributed by atoms with Gasteiger partial charge in [0.15, 0.2) is 0 Å². The van der Waals surface area contributed by atoms with Crippen LogP contribution in [0, 0.1) is 13.8 Å². The molecule has 3 aromatic rings. The number of amides is 1. The number of rotatable bonds is 7. The SMILES string of the molecule is Cc1ccc(C)c(NS(=O)(=O)c2ccc(NC(=O)c3ccccc3OC(C)C)cc2)c1. The lowest BCUT2D eigenvalue weighted by atomic mass is 10.1. The van der Waals surface area contributed by atoms with E-state index in [1.807, 2.05) is 39.8 Å². The highest BCUT2D eigenvalue weighted by Gasteiger charge is 2.17. The van der Waals surface area contributed by atoms with Crippen molar-refractivity contribution in [2.24, 2.45) is 0 Å². The van der Waals surface area contributed by atoms with Crippen molar-refractivity contribution in [2.45, 2.75) is 38.7 Å². The molecule has 6 nitrogen and oxygen atoms in total. The molecule has 0 atom stereocenters. The summed E-state index contributed by atoms with van der Waals surface area (Å²) in [4.78, 5) is 12.8. The van der Waals surface area contributed by atoms with Crippen molar-refractivity contribution in [2.75, 3.05) is 10.0 Å². The first-order valence-corrected chi connectivity index (χ1v) is 11.4. The first-order valence-electron chi connectivity index (χ1n) is 9.93. The second-order valence-corrected chi connectivity index (χ2v) is 9.25. The fourth-order valence-electron chi connectivity index (χ4n) is 2.98. The van der Waals surface area contributed by atoms with E-state index in [1.165, 1.54) is 12.1 Å². The molecule has 0 aliphatic rings. The third-order valence-electron chi connectivity index (χ3n) is 4.55. The van der Waals surface area contributed by atoms with E-state index < -0.39 is 10.0 Å². The Balaban J connectivity index is 1.76. The Labute approximate surface area is 183 Å². The summed E-state index contributed by atoms with van der Waals surface area (Å²) in [5.41, 5.74) is 3.22. The second kappa shape index (κ2) is 9.22. The zero-order valence-corrected chi connectivity index (χ0v) is 18.8. The summed E-state index contributed by atoms with van der Waals surface area (Å²) < 4.78 is 33.8. The predicted molar refractivity (Wildman–Crippen MR) is 123 cm³/mol. The van der Waals surface area contributed by atoms with Crippen LogP contribution in [-0.4, -0.2) is 20.4 Å². The van der Waals surface area contributed by atoms with Gasteiger partial charge in [-0.2, -0.15) is 0 Å². The highest BCUT2D eigenvalue weighted by atomic mass is 32.2. The molecule has 31 heavy (non-hydrogen) atoms. The predicted octanol–water partition coefficient (Wildman–Crippen LogP) is 5.14. The van der Waals surface area contributed by atoms with Crippen molar-refractivity contribution in [1.82, 2.24) is 0 Å². The molecule has 0 fully saturated rings. The van der Waals surface area contributed by atoms with E-state index in [4.69, 9.17) is 4.74 Å². The minimum atomic E-state index is -3.75. The second-order valence-electron chi connectivity index (χ2n) is 7.57. The zero-order chi connectivity index (χ0) is 22.6. The summed E-state index contributed by atoms with van der Waals surface area (Å²) in [7, 11) is -3.75. The third kappa shape index (κ3) is 5.64. The molecule has 0 aliphatic heterocycles. The normalized spacial score (nSPS) is 11.3. The van der Waals surface area contributed by atoms with Gasteiger partial charge in [-0.1, -0.05) is 24.3 Å². The average Bonchev–Trinajstić information content (AvgIpc) is 2.71. The molecule has 0 aliphatic carbocycles. The van der Waals surface area contributed by atoms with Gasteiger partial charge in [0.2, 0.25) is 0 Å². The molecule has 0 saturated carbocycles. The molecule has 162 valence electrons. The van der Waals surface area contributed by atoms with Crippen LogP contribution in [0.4, 0.5) is 11.4 Å². The number of para-hydroxylation sites is 1. The minimum Gasteiger partial charge on any atom is -0.490 e. The lowest BCUT2D eigenvalue weighted by molar-refractivity contribution is 0.102. The number of hydrogen-bond donors (Lipinski definition) is 2. The summed E-state index contributed by atoms with van der Waals surface area (Å²) >= 11 is 0. The van der Waals surface area contributed by atoms with Gasteiger partial charge in [-0.15, -0.1) is 0 Å². The summed E-state index contributed by atoms with van der Waals surface area (Å²) in [5, 5.41) is 2.78. The number of carbonyl (C=O) groups is 1. The molecule has 3 rings (SSSR count). The van der Waals surface area contributed by atoms with Crippen LogP contribution < -0.4 is 14.8 Å². The van der Waals surface area contributed by atoms with Gasteiger partial charge in [0.25, 0.3) is 15.9 Å². The summed E-state index contributed by atoms with van der Waals surface area (Å²) in [6, 6.07) is 18.6. The van der Waals surface area contributed by atoms with E-state index in [1.54, 1.807) is 42.5 Å². The molecule has 7 heteroatoms. The Bertz CT molecular complexity index is 1190. The number of benzene rings is 3. The van der Waals surface area contributed by atoms with Gasteiger partial charge < -0.3 is 10.1 Å². The molecule has 2 N–H and O–H groups in total. The van der Waals surface area contributed by atoms with E-state index in [2.05, 4.69) is 10.0 Å². The highest BCUT2D eigenvalue weighted by Crippen LogP contribution is 2.24. The summed E-state index contributed by atoms with van der Waals surface area (Å²) in [6.07, 6.45) is -0.0667. The maximum atomic E-state index is 12.8. The Morgan fingerprint density at radius 3 is 2.29 bits per heavy atom. The molecule has 0 aromatic heterocycles. The van der Waals surface area contributed by atoms with Crippen LogP contribution in [0.25, 0.3) is 0 Å². The van der Waals surface area contributed by atoms with Gasteiger partial charge in [0, 0.05) is 5.69 Å². The number of hydrogen-bond acceptors (Lipinski definition) is 4. The molecular weight excluding hydrogens is 412 g/mol. The van der Waals surface area contributed by atoms with Gasteiger partial charge in [-0.25, -0.2) is 8.42 Å². The largest absolute Gasteiger partial charge is 0.490 e. The molecular formula is C24H26N2O4S. The van der Waals surface area contributed by atoms with Crippen LogP contribution in [0.5, 0.6) is 5.75 Å². The minimum absolute atomic E-state index is 0.0667. The number of nitrogens with one attached hydrogen (secondary N) is 2. The Kier molecular flexibility index (Phi) is 6.65. The van der Waals surface area contributed by atoms with E-state index in [0.717, 1.165) is 11.1 Å². The third-order valence-corrected chi connectivity index (χ3v) is 5.94. The number of ether oxygens (including phenoxy) is 1. The van der Waals surface area contributed by atoms with Crippen molar-refractivity contribution in [1.29, 1.82) is 0 Å². The first kappa shape index (κ1) is 22.4. The lowest BCUT2D eigenvalue weighted by Crippen LogP contribution is -2.16. The summed E-state index contributed by atoms with van der Waals surface area (Å²) in [6.45, 7) is 7.52. The van der Waals surface area contributed by atoms with Crippen molar-refractivity contribution in [3.63, 3.8) is 0 Å². The standard InChI is InChI=1S/C24H26N2O4S/c1-16(2)30-23-8-6-5-7-21(23)24(27)25-19-11-13-20(14-12-19)31(28,29)26-22-15-17(3)9-10-18(22)4/h5-16,26H,1-4H3,(H,25,27). The van der Waals surface area contributed by atoms with Crippen LogP contribution in [0.1, 0.15) is 35.3 Å². The van der Waals surface area contributed by atoms with Crippen molar-refractivity contribution in [3.8, 4) is 5.75 Å². The van der Waals surface area contributed by atoms with Crippen molar-refractivity contribution < 1.29 is 17.9 Å². The van der Waals surface area contributed by atoms with Crippen molar-refractivity contribution >= 4 is 27.3 Å². The molecule has 0 radical (unpaired) electrons. The zero-order valence-electron chi connectivity index (χ0n) is 18.0. The first-order chi connectivity index (χ1) is 14.7. The smallest absolute Gasteiger partial charge is 0.261 e. The quantitative estimate of drug-likeness (QED) is 0.535. The van der Waals surface area contributed by atoms with E-state index in [-0.39, 0.29) is 16.9 Å². The van der Waals surface area contributed by atoms with Gasteiger partial charge in [0.05, 0.1) is 22.3 Å². The number of sulfonamides is 1. The number of anilines is 2. The van der Waals surface area contributed by atoms with E-state index in [9.17, 15) is 13.2 Å². The maximum Gasteiger partial charge on any atom is 0.261 e. The topological polar surface area (TPSA) is 84.5 Å².